The van der Waals surface area contributed by atoms with Crippen LogP contribution in [0.25, 0.3) is 0 Å². The summed E-state index contributed by atoms with van der Waals surface area (Å²) in [7, 11) is 2.80. The van der Waals surface area contributed by atoms with Gasteiger partial charge in [-0.15, -0.1) is 0 Å². The molecule has 1 aromatic carbocycles. The molecule has 1 heterocycles. The van der Waals surface area contributed by atoms with Crippen molar-refractivity contribution in [2.75, 3.05) is 14.2 Å². The lowest BCUT2D eigenvalue weighted by Gasteiger charge is -2.08. The zero-order valence-corrected chi connectivity index (χ0v) is 13.6. The summed E-state index contributed by atoms with van der Waals surface area (Å²) in [4.78, 5) is 27.3. The zero-order chi connectivity index (χ0) is 17.0. The molecule has 1 aromatic heterocycles. The average Bonchev–Trinajstić information content (AvgIpc) is 2.91. The summed E-state index contributed by atoms with van der Waals surface area (Å²) >= 11 is 0. The predicted octanol–water partition coefficient (Wildman–Crippen LogP) is 2.90. The molecule has 1 N–H and O–H groups in total. The van der Waals surface area contributed by atoms with E-state index in [1.807, 2.05) is 6.92 Å². The summed E-state index contributed by atoms with van der Waals surface area (Å²) in [6.45, 7) is 3.56. The molecular weight excluding hydrogens is 298 g/mol. The first-order chi connectivity index (χ1) is 11.0. The number of carbonyl (C=O) groups excluding carboxylic acids is 2. The molecule has 23 heavy (non-hydrogen) atoms. The van der Waals surface area contributed by atoms with Crippen LogP contribution < -0.4 is 9.47 Å². The van der Waals surface area contributed by atoms with E-state index in [0.717, 1.165) is 0 Å². The first-order valence-electron chi connectivity index (χ1n) is 7.18. The van der Waals surface area contributed by atoms with E-state index in [9.17, 15) is 9.59 Å². The normalized spacial score (nSPS) is 10.3. The van der Waals surface area contributed by atoms with Crippen LogP contribution in [0.1, 0.15) is 39.0 Å². The van der Waals surface area contributed by atoms with E-state index in [1.54, 1.807) is 31.2 Å². The first-order valence-corrected chi connectivity index (χ1v) is 7.18. The fraction of sp³-hybridized carbons (Fsp3) is 0.294. The monoisotopic (exact) mass is 317 g/mol. The van der Waals surface area contributed by atoms with Crippen molar-refractivity contribution in [3.63, 3.8) is 0 Å². The number of benzene rings is 1. The largest absolute Gasteiger partial charge is 0.493 e. The van der Waals surface area contributed by atoms with Crippen LogP contribution in [-0.4, -0.2) is 31.1 Å². The minimum Gasteiger partial charge on any atom is -0.493 e. The molecule has 0 radical (unpaired) electrons. The van der Waals surface area contributed by atoms with Crippen LogP contribution in [0.3, 0.4) is 0 Å². The van der Waals surface area contributed by atoms with Crippen LogP contribution in [0.4, 0.5) is 0 Å². The number of carbonyl (C=O) groups is 2. The van der Waals surface area contributed by atoms with Gasteiger partial charge in [-0.05, 0) is 31.0 Å². The number of nitrogens with one attached hydrogen (secondary N) is 1. The minimum absolute atomic E-state index is 0.230. The number of H-pyrrole nitrogens is 1. The number of esters is 2. The van der Waals surface area contributed by atoms with Gasteiger partial charge in [0.25, 0.3) is 0 Å². The fourth-order valence-electron chi connectivity index (χ4n) is 2.36. The minimum atomic E-state index is -0.586. The lowest BCUT2D eigenvalue weighted by atomic mass is 10.1. The summed E-state index contributed by atoms with van der Waals surface area (Å²) in [6, 6.07) is 6.85. The number of hydrogen-bond acceptors (Lipinski definition) is 5. The van der Waals surface area contributed by atoms with Gasteiger partial charge in [0.15, 0.2) is 11.5 Å². The van der Waals surface area contributed by atoms with Crippen LogP contribution in [0, 0.1) is 6.92 Å². The van der Waals surface area contributed by atoms with Crippen molar-refractivity contribution in [3.05, 3.63) is 46.8 Å². The Morgan fingerprint density at radius 2 is 1.74 bits per heavy atom. The maximum absolute atomic E-state index is 12.4. The van der Waals surface area contributed by atoms with Gasteiger partial charge in [-0.3, -0.25) is 0 Å². The number of ether oxygens (including phenoxy) is 3. The van der Waals surface area contributed by atoms with Gasteiger partial charge in [-0.1, -0.05) is 19.1 Å². The van der Waals surface area contributed by atoms with Gasteiger partial charge in [-0.25, -0.2) is 9.59 Å². The molecule has 0 aliphatic heterocycles. The standard InChI is InChI=1S/C17H19NO5/c1-5-11-14(16(19)22-4)10(2)15(18-11)17(20)23-13-9-7-6-8-12(13)21-3/h6-9,18H,5H2,1-4H3. The van der Waals surface area contributed by atoms with E-state index in [4.69, 9.17) is 14.2 Å². The van der Waals surface area contributed by atoms with E-state index in [0.29, 0.717) is 34.7 Å². The van der Waals surface area contributed by atoms with Gasteiger partial charge in [0, 0.05) is 5.69 Å². The van der Waals surface area contributed by atoms with Gasteiger partial charge in [-0.2, -0.15) is 0 Å². The van der Waals surface area contributed by atoms with Crippen molar-refractivity contribution in [2.24, 2.45) is 0 Å². The number of aromatic nitrogens is 1. The second kappa shape index (κ2) is 7.00. The molecule has 0 amide bonds. The lowest BCUT2D eigenvalue weighted by Crippen LogP contribution is -2.11. The number of aromatic amines is 1. The van der Waals surface area contributed by atoms with Gasteiger partial charge in [0.1, 0.15) is 5.69 Å². The molecule has 0 bridgehead atoms. The Labute approximate surface area is 134 Å². The highest BCUT2D eigenvalue weighted by molar-refractivity contribution is 5.99. The molecule has 0 spiro atoms. The Bertz CT molecular complexity index is 733. The number of methoxy groups -OCH3 is 2. The van der Waals surface area contributed by atoms with Crippen LogP contribution in [0.15, 0.2) is 24.3 Å². The maximum Gasteiger partial charge on any atom is 0.360 e. The third kappa shape index (κ3) is 3.21. The van der Waals surface area contributed by atoms with E-state index in [-0.39, 0.29) is 5.69 Å². The van der Waals surface area contributed by atoms with Gasteiger partial charge in [0.05, 0.1) is 19.8 Å². The molecule has 0 unspecified atom stereocenters. The predicted molar refractivity (Wildman–Crippen MR) is 84.2 cm³/mol. The van der Waals surface area contributed by atoms with Crippen molar-refractivity contribution in [2.45, 2.75) is 20.3 Å². The fourth-order valence-corrected chi connectivity index (χ4v) is 2.36. The molecule has 0 fully saturated rings. The Kier molecular flexibility index (Phi) is 5.05. The highest BCUT2D eigenvalue weighted by atomic mass is 16.6. The van der Waals surface area contributed by atoms with E-state index < -0.39 is 11.9 Å². The highest BCUT2D eigenvalue weighted by Crippen LogP contribution is 2.28. The maximum atomic E-state index is 12.4. The molecule has 6 heteroatoms. The van der Waals surface area contributed by atoms with Crippen LogP contribution in [0.5, 0.6) is 11.5 Å². The molecule has 2 rings (SSSR count). The van der Waals surface area contributed by atoms with Gasteiger partial charge >= 0.3 is 11.9 Å². The van der Waals surface area contributed by atoms with Gasteiger partial charge in [0.2, 0.25) is 0 Å². The SMILES string of the molecule is CCc1[nH]c(C(=O)Oc2ccccc2OC)c(C)c1C(=O)OC. The second-order valence-corrected chi connectivity index (χ2v) is 4.86. The molecule has 0 atom stereocenters. The summed E-state index contributed by atoms with van der Waals surface area (Å²) in [5, 5.41) is 0. The Morgan fingerprint density at radius 1 is 1.09 bits per heavy atom. The summed E-state index contributed by atoms with van der Waals surface area (Å²) < 4.78 is 15.3. The van der Waals surface area contributed by atoms with Crippen LogP contribution in [0.2, 0.25) is 0 Å². The Hall–Kier alpha value is -2.76. The molecule has 0 saturated heterocycles. The Morgan fingerprint density at radius 3 is 2.30 bits per heavy atom. The topological polar surface area (TPSA) is 77.6 Å². The number of hydrogen-bond donors (Lipinski definition) is 1. The molecule has 6 nitrogen and oxygen atoms in total. The summed E-state index contributed by atoms with van der Waals surface area (Å²) in [5.74, 6) is -0.301. The molecule has 0 aliphatic rings. The van der Waals surface area contributed by atoms with Crippen molar-refractivity contribution < 1.29 is 23.8 Å². The van der Waals surface area contributed by atoms with Crippen LogP contribution >= 0.6 is 0 Å². The molecule has 122 valence electrons. The van der Waals surface area contributed by atoms with E-state index in [2.05, 4.69) is 4.98 Å². The third-order valence-corrected chi connectivity index (χ3v) is 3.55. The second-order valence-electron chi connectivity index (χ2n) is 4.86. The lowest BCUT2D eigenvalue weighted by molar-refractivity contribution is 0.0599. The molecule has 0 saturated carbocycles. The smallest absolute Gasteiger partial charge is 0.360 e. The van der Waals surface area contributed by atoms with E-state index in [1.165, 1.54) is 14.2 Å². The number of rotatable bonds is 5. The van der Waals surface area contributed by atoms with Crippen molar-refractivity contribution >= 4 is 11.9 Å². The average molecular weight is 317 g/mol. The Balaban J connectivity index is 2.37. The highest BCUT2D eigenvalue weighted by Gasteiger charge is 2.25. The number of para-hydroxylation sites is 2. The van der Waals surface area contributed by atoms with Crippen molar-refractivity contribution in [1.29, 1.82) is 0 Å². The van der Waals surface area contributed by atoms with Crippen molar-refractivity contribution in [1.82, 2.24) is 4.98 Å². The molecule has 2 aromatic rings. The quantitative estimate of drug-likeness (QED) is 0.677. The van der Waals surface area contributed by atoms with Gasteiger partial charge < -0.3 is 19.2 Å². The van der Waals surface area contributed by atoms with Crippen molar-refractivity contribution in [3.8, 4) is 11.5 Å². The first kappa shape index (κ1) is 16.6. The number of aryl methyl sites for hydroxylation is 1. The summed E-state index contributed by atoms with van der Waals surface area (Å²) in [6.07, 6.45) is 0.563. The zero-order valence-electron chi connectivity index (χ0n) is 13.6. The van der Waals surface area contributed by atoms with Crippen LogP contribution in [-0.2, 0) is 11.2 Å². The molecule has 0 aliphatic carbocycles. The van der Waals surface area contributed by atoms with E-state index >= 15 is 0 Å². The summed E-state index contributed by atoms with van der Waals surface area (Å²) in [5.41, 5.74) is 1.75. The third-order valence-electron chi connectivity index (χ3n) is 3.55. The molecular formula is C17H19NO5.